The highest BCUT2D eigenvalue weighted by Gasteiger charge is 2.16. The number of hydrogen-bond donors (Lipinski definition) is 1. The normalized spacial score (nSPS) is 10.0. The SMILES string of the molecule is [CH2]Cc1cc(Br)cc([N+](=O)[O-])c1O. The zero-order chi connectivity index (χ0) is 10.0. The summed E-state index contributed by atoms with van der Waals surface area (Å²) in [5, 5.41) is 19.8. The first kappa shape index (κ1) is 9.98. The molecular weight excluding hydrogens is 238 g/mol. The van der Waals surface area contributed by atoms with Crippen molar-refractivity contribution in [3.05, 3.63) is 39.2 Å². The molecular formula is C8H7BrNO3. The van der Waals surface area contributed by atoms with Gasteiger partial charge in [0.15, 0.2) is 5.75 Å². The summed E-state index contributed by atoms with van der Waals surface area (Å²) >= 11 is 3.11. The van der Waals surface area contributed by atoms with Gasteiger partial charge in [-0.25, -0.2) is 0 Å². The van der Waals surface area contributed by atoms with E-state index in [2.05, 4.69) is 22.9 Å². The lowest BCUT2D eigenvalue weighted by molar-refractivity contribution is -0.386. The van der Waals surface area contributed by atoms with Gasteiger partial charge >= 0.3 is 5.69 Å². The number of aromatic hydroxyl groups is 1. The van der Waals surface area contributed by atoms with Gasteiger partial charge in [-0.3, -0.25) is 10.1 Å². The molecule has 0 aliphatic heterocycles. The molecule has 69 valence electrons. The van der Waals surface area contributed by atoms with Crippen LogP contribution < -0.4 is 0 Å². The summed E-state index contributed by atoms with van der Waals surface area (Å²) in [5.41, 5.74) is 0.161. The van der Waals surface area contributed by atoms with Crippen molar-refractivity contribution >= 4 is 21.6 Å². The van der Waals surface area contributed by atoms with Crippen molar-refractivity contribution in [2.24, 2.45) is 0 Å². The van der Waals surface area contributed by atoms with Crippen LogP contribution in [0.2, 0.25) is 0 Å². The molecule has 5 heteroatoms. The number of nitro groups is 1. The molecule has 0 fully saturated rings. The summed E-state index contributed by atoms with van der Waals surface area (Å²) < 4.78 is 0.565. The van der Waals surface area contributed by atoms with Crippen LogP contribution in [0.1, 0.15) is 5.56 Å². The highest BCUT2D eigenvalue weighted by atomic mass is 79.9. The van der Waals surface area contributed by atoms with E-state index < -0.39 is 4.92 Å². The van der Waals surface area contributed by atoms with Gasteiger partial charge in [0.2, 0.25) is 0 Å². The molecule has 1 N–H and O–H groups in total. The lowest BCUT2D eigenvalue weighted by Gasteiger charge is -2.02. The maximum atomic E-state index is 10.4. The number of benzene rings is 1. The quantitative estimate of drug-likeness (QED) is 0.642. The fourth-order valence-corrected chi connectivity index (χ4v) is 1.46. The van der Waals surface area contributed by atoms with E-state index in [1.54, 1.807) is 6.07 Å². The molecule has 1 aromatic carbocycles. The molecule has 0 aromatic heterocycles. The van der Waals surface area contributed by atoms with Crippen LogP contribution in [0.25, 0.3) is 0 Å². The van der Waals surface area contributed by atoms with Gasteiger partial charge < -0.3 is 5.11 Å². The number of phenols is 1. The van der Waals surface area contributed by atoms with Gasteiger partial charge in [0.05, 0.1) is 4.92 Å². The van der Waals surface area contributed by atoms with Gasteiger partial charge in [-0.2, -0.15) is 0 Å². The van der Waals surface area contributed by atoms with Crippen LogP contribution >= 0.6 is 15.9 Å². The lowest BCUT2D eigenvalue weighted by atomic mass is 10.1. The van der Waals surface area contributed by atoms with Crippen LogP contribution in [0.15, 0.2) is 16.6 Å². The summed E-state index contributed by atoms with van der Waals surface area (Å²) in [6.45, 7) is 3.55. The molecule has 0 atom stereocenters. The van der Waals surface area contributed by atoms with Crippen LogP contribution in [-0.2, 0) is 6.42 Å². The second-order valence-electron chi connectivity index (χ2n) is 2.44. The van der Waals surface area contributed by atoms with Crippen molar-refractivity contribution in [1.29, 1.82) is 0 Å². The van der Waals surface area contributed by atoms with Crippen LogP contribution in [-0.4, -0.2) is 10.0 Å². The Morgan fingerprint density at radius 3 is 2.69 bits per heavy atom. The number of halogens is 1. The highest BCUT2D eigenvalue weighted by Crippen LogP contribution is 2.33. The molecule has 0 bridgehead atoms. The second kappa shape index (κ2) is 3.74. The number of nitrogens with zero attached hydrogens (tertiary/aromatic N) is 1. The molecule has 1 radical (unpaired) electrons. The van der Waals surface area contributed by atoms with Crippen molar-refractivity contribution in [1.82, 2.24) is 0 Å². The summed E-state index contributed by atoms with van der Waals surface area (Å²) in [4.78, 5) is 9.82. The molecule has 0 saturated heterocycles. The van der Waals surface area contributed by atoms with E-state index in [4.69, 9.17) is 0 Å². The van der Waals surface area contributed by atoms with E-state index in [9.17, 15) is 15.2 Å². The molecule has 13 heavy (non-hydrogen) atoms. The van der Waals surface area contributed by atoms with Crippen LogP contribution in [0, 0.1) is 17.0 Å². The molecule has 1 aromatic rings. The van der Waals surface area contributed by atoms with E-state index in [0.717, 1.165) is 0 Å². The number of rotatable bonds is 2. The smallest absolute Gasteiger partial charge is 0.312 e. The zero-order valence-corrected chi connectivity index (χ0v) is 8.24. The fraction of sp³-hybridized carbons (Fsp3) is 0.125. The molecule has 0 aliphatic carbocycles. The monoisotopic (exact) mass is 244 g/mol. The van der Waals surface area contributed by atoms with E-state index in [1.165, 1.54) is 6.07 Å². The van der Waals surface area contributed by atoms with Crippen molar-refractivity contribution < 1.29 is 10.0 Å². The third-order valence-electron chi connectivity index (χ3n) is 1.60. The van der Waals surface area contributed by atoms with Crippen LogP contribution in [0.4, 0.5) is 5.69 Å². The summed E-state index contributed by atoms with van der Waals surface area (Å²) in [6, 6.07) is 2.86. The Hall–Kier alpha value is -1.10. The third kappa shape index (κ3) is 1.98. The van der Waals surface area contributed by atoms with Gasteiger partial charge in [0.25, 0.3) is 0 Å². The van der Waals surface area contributed by atoms with Gasteiger partial charge in [-0.1, -0.05) is 15.9 Å². The van der Waals surface area contributed by atoms with Crippen molar-refractivity contribution in [2.75, 3.05) is 0 Å². The standard InChI is InChI=1S/C8H7BrNO3/c1-2-5-3-6(9)4-7(8(5)11)10(12)13/h3-4,11H,1-2H2. The number of hydrogen-bond acceptors (Lipinski definition) is 3. The predicted molar refractivity (Wildman–Crippen MR) is 51.5 cm³/mol. The average molecular weight is 245 g/mol. The van der Waals surface area contributed by atoms with Gasteiger partial charge in [-0.05, 0) is 19.4 Å². The van der Waals surface area contributed by atoms with Crippen molar-refractivity contribution in [3.63, 3.8) is 0 Å². The van der Waals surface area contributed by atoms with Gasteiger partial charge in [0.1, 0.15) is 0 Å². The van der Waals surface area contributed by atoms with Crippen molar-refractivity contribution in [3.8, 4) is 5.75 Å². The zero-order valence-electron chi connectivity index (χ0n) is 6.66. The van der Waals surface area contributed by atoms with E-state index in [0.29, 0.717) is 16.5 Å². The lowest BCUT2D eigenvalue weighted by Crippen LogP contribution is -1.92. The Bertz CT molecular complexity index is 351. The Morgan fingerprint density at radius 1 is 1.62 bits per heavy atom. The largest absolute Gasteiger partial charge is 0.502 e. The van der Waals surface area contributed by atoms with Crippen molar-refractivity contribution in [2.45, 2.75) is 6.42 Å². The van der Waals surface area contributed by atoms with Gasteiger partial charge in [-0.15, -0.1) is 0 Å². The minimum Gasteiger partial charge on any atom is -0.502 e. The van der Waals surface area contributed by atoms with Gasteiger partial charge in [0, 0.05) is 16.1 Å². The minimum atomic E-state index is -0.626. The first-order valence-corrected chi connectivity index (χ1v) is 4.30. The predicted octanol–water partition coefficient (Wildman–Crippen LogP) is 2.44. The fourth-order valence-electron chi connectivity index (χ4n) is 0.970. The minimum absolute atomic E-state index is 0.298. The third-order valence-corrected chi connectivity index (χ3v) is 2.06. The maximum Gasteiger partial charge on any atom is 0.312 e. The molecule has 0 spiro atoms. The summed E-state index contributed by atoms with van der Waals surface area (Å²) in [6.07, 6.45) is 0.312. The first-order valence-electron chi connectivity index (χ1n) is 3.51. The summed E-state index contributed by atoms with van der Waals surface area (Å²) in [5.74, 6) is -0.303. The Labute approximate surface area is 83.5 Å². The molecule has 0 amide bonds. The van der Waals surface area contributed by atoms with E-state index >= 15 is 0 Å². The van der Waals surface area contributed by atoms with E-state index in [-0.39, 0.29) is 11.4 Å². The number of phenolic OH excluding ortho intramolecular Hbond substituents is 1. The topological polar surface area (TPSA) is 63.4 Å². The second-order valence-corrected chi connectivity index (χ2v) is 3.36. The highest BCUT2D eigenvalue weighted by molar-refractivity contribution is 9.10. The van der Waals surface area contributed by atoms with E-state index in [1.807, 2.05) is 0 Å². The van der Waals surface area contributed by atoms with Crippen LogP contribution in [0.3, 0.4) is 0 Å². The number of nitro benzene ring substituents is 1. The molecule has 0 aliphatic rings. The maximum absolute atomic E-state index is 10.4. The van der Waals surface area contributed by atoms with Crippen LogP contribution in [0.5, 0.6) is 5.75 Å². The Morgan fingerprint density at radius 2 is 2.23 bits per heavy atom. The Balaban J connectivity index is 3.35. The average Bonchev–Trinajstić information content (AvgIpc) is 2.08. The molecule has 0 heterocycles. The Kier molecular flexibility index (Phi) is 2.87. The molecule has 1 rings (SSSR count). The molecule has 0 unspecified atom stereocenters. The summed E-state index contributed by atoms with van der Waals surface area (Å²) in [7, 11) is 0. The molecule has 4 nitrogen and oxygen atoms in total. The molecule has 0 saturated carbocycles. The first-order chi connectivity index (χ1) is 6.06.